The first-order valence-electron chi connectivity index (χ1n) is 6.43. The van der Waals surface area contributed by atoms with Gasteiger partial charge in [0.05, 0.1) is 23.6 Å². The second-order valence-corrected chi connectivity index (χ2v) is 5.61. The van der Waals surface area contributed by atoms with Gasteiger partial charge >= 0.3 is 6.09 Å². The summed E-state index contributed by atoms with van der Waals surface area (Å²) in [7, 11) is 1.32. The number of ether oxygens (including phenoxy) is 1. The van der Waals surface area contributed by atoms with Crippen molar-refractivity contribution in [2.24, 2.45) is 11.1 Å². The summed E-state index contributed by atoms with van der Waals surface area (Å²) in [5, 5.41) is 2.71. The van der Waals surface area contributed by atoms with Crippen molar-refractivity contribution in [3.63, 3.8) is 0 Å². The molecular formula is C12H19N3O3S. The molecule has 1 aliphatic heterocycles. The molecule has 1 saturated carbocycles. The van der Waals surface area contributed by atoms with Crippen LogP contribution in [0.1, 0.15) is 25.7 Å². The Morgan fingerprint density at radius 3 is 2.63 bits per heavy atom. The number of hydrogen-bond acceptors (Lipinski definition) is 4. The molecule has 0 aromatic rings. The summed E-state index contributed by atoms with van der Waals surface area (Å²) in [4.78, 5) is 25.7. The van der Waals surface area contributed by atoms with E-state index in [1.165, 1.54) is 7.11 Å². The molecule has 19 heavy (non-hydrogen) atoms. The maximum absolute atomic E-state index is 12.5. The van der Waals surface area contributed by atoms with E-state index < -0.39 is 11.5 Å². The van der Waals surface area contributed by atoms with Gasteiger partial charge in [-0.05, 0) is 19.3 Å². The molecule has 0 radical (unpaired) electrons. The molecule has 0 bridgehead atoms. The van der Waals surface area contributed by atoms with Gasteiger partial charge in [0.25, 0.3) is 0 Å². The summed E-state index contributed by atoms with van der Waals surface area (Å²) < 4.78 is 4.55. The maximum atomic E-state index is 12.5. The van der Waals surface area contributed by atoms with Gasteiger partial charge in [-0.2, -0.15) is 0 Å². The van der Waals surface area contributed by atoms with Crippen molar-refractivity contribution in [1.82, 2.24) is 10.2 Å². The number of nitrogens with one attached hydrogen (secondary N) is 1. The molecule has 106 valence electrons. The van der Waals surface area contributed by atoms with Crippen LogP contribution in [0.5, 0.6) is 0 Å². The van der Waals surface area contributed by atoms with Gasteiger partial charge in [-0.3, -0.25) is 4.79 Å². The highest BCUT2D eigenvalue weighted by molar-refractivity contribution is 7.80. The molecule has 1 atom stereocenters. The van der Waals surface area contributed by atoms with E-state index >= 15 is 0 Å². The average molecular weight is 285 g/mol. The average Bonchev–Trinajstić information content (AvgIpc) is 2.75. The Morgan fingerprint density at radius 2 is 2.16 bits per heavy atom. The van der Waals surface area contributed by atoms with E-state index in [4.69, 9.17) is 18.0 Å². The minimum atomic E-state index is -0.629. The second kappa shape index (κ2) is 5.32. The van der Waals surface area contributed by atoms with E-state index in [0.29, 0.717) is 18.1 Å². The monoisotopic (exact) mass is 285 g/mol. The Balaban J connectivity index is 1.95. The fourth-order valence-electron chi connectivity index (χ4n) is 2.69. The van der Waals surface area contributed by atoms with Crippen molar-refractivity contribution in [3.8, 4) is 0 Å². The maximum Gasteiger partial charge on any atom is 0.407 e. The van der Waals surface area contributed by atoms with Crippen molar-refractivity contribution in [2.45, 2.75) is 31.7 Å². The zero-order chi connectivity index (χ0) is 14.0. The van der Waals surface area contributed by atoms with E-state index in [1.807, 2.05) is 0 Å². The first-order valence-corrected chi connectivity index (χ1v) is 6.84. The molecule has 2 rings (SSSR count). The number of carbonyl (C=O) groups is 2. The van der Waals surface area contributed by atoms with Gasteiger partial charge in [0, 0.05) is 13.1 Å². The zero-order valence-corrected chi connectivity index (χ0v) is 11.8. The number of rotatable bonds is 3. The van der Waals surface area contributed by atoms with Crippen LogP contribution >= 0.6 is 12.2 Å². The predicted molar refractivity (Wildman–Crippen MR) is 73.6 cm³/mol. The number of likely N-dealkylation sites (tertiary alicyclic amines) is 1. The summed E-state index contributed by atoms with van der Waals surface area (Å²) >= 11 is 5.05. The highest BCUT2D eigenvalue weighted by Gasteiger charge is 2.49. The quantitative estimate of drug-likeness (QED) is 0.733. The largest absolute Gasteiger partial charge is 0.453 e. The fraction of sp³-hybridized carbons (Fsp3) is 0.750. The minimum absolute atomic E-state index is 0.0143. The number of amides is 2. The molecule has 2 fully saturated rings. The molecule has 7 heteroatoms. The molecule has 0 aromatic carbocycles. The lowest BCUT2D eigenvalue weighted by Crippen LogP contribution is -2.54. The Bertz CT molecular complexity index is 409. The molecule has 2 amide bonds. The topological polar surface area (TPSA) is 84.7 Å². The van der Waals surface area contributed by atoms with Gasteiger partial charge in [-0.25, -0.2) is 4.79 Å². The van der Waals surface area contributed by atoms with Crippen LogP contribution in [0.3, 0.4) is 0 Å². The normalized spacial score (nSPS) is 24.5. The van der Waals surface area contributed by atoms with Gasteiger partial charge < -0.3 is 20.7 Å². The molecular weight excluding hydrogens is 266 g/mol. The summed E-state index contributed by atoms with van der Waals surface area (Å²) in [6, 6.07) is -0.0557. The van der Waals surface area contributed by atoms with Gasteiger partial charge in [0.2, 0.25) is 5.91 Å². The second-order valence-electron chi connectivity index (χ2n) is 5.17. The van der Waals surface area contributed by atoms with Crippen LogP contribution in [0.2, 0.25) is 0 Å². The number of hydrogen-bond donors (Lipinski definition) is 2. The molecule has 3 N–H and O–H groups in total. The van der Waals surface area contributed by atoms with Crippen LogP contribution in [0.4, 0.5) is 4.79 Å². The number of methoxy groups -OCH3 is 1. The molecule has 1 heterocycles. The number of nitrogens with zero attached hydrogens (tertiary/aromatic N) is 1. The Labute approximate surface area is 117 Å². The molecule has 0 aromatic heterocycles. The number of alkyl carbamates (subject to hydrolysis) is 1. The van der Waals surface area contributed by atoms with Crippen molar-refractivity contribution in [1.29, 1.82) is 0 Å². The van der Waals surface area contributed by atoms with E-state index in [2.05, 4.69) is 10.1 Å². The first-order chi connectivity index (χ1) is 8.99. The SMILES string of the molecule is COC(=O)NC1CCN(C(=O)C2(C(N)=S)CCC2)C1. The van der Waals surface area contributed by atoms with Crippen LogP contribution in [-0.2, 0) is 9.53 Å². The summed E-state index contributed by atoms with van der Waals surface area (Å²) in [6.07, 6.45) is 2.74. The van der Waals surface area contributed by atoms with Crippen molar-refractivity contribution in [2.75, 3.05) is 20.2 Å². The van der Waals surface area contributed by atoms with Crippen LogP contribution in [-0.4, -0.2) is 48.1 Å². The Kier molecular flexibility index (Phi) is 3.93. The smallest absolute Gasteiger partial charge is 0.407 e. The molecule has 1 saturated heterocycles. The minimum Gasteiger partial charge on any atom is -0.453 e. The molecule has 0 spiro atoms. The molecule has 1 aliphatic carbocycles. The molecule has 1 unspecified atom stereocenters. The van der Waals surface area contributed by atoms with Gasteiger partial charge in [0.1, 0.15) is 0 Å². The molecule has 2 aliphatic rings. The van der Waals surface area contributed by atoms with Crippen molar-refractivity contribution in [3.05, 3.63) is 0 Å². The van der Waals surface area contributed by atoms with E-state index in [-0.39, 0.29) is 11.9 Å². The fourth-order valence-corrected chi connectivity index (χ4v) is 2.98. The first kappa shape index (κ1) is 14.0. The molecule has 6 nitrogen and oxygen atoms in total. The van der Waals surface area contributed by atoms with Crippen LogP contribution < -0.4 is 11.1 Å². The van der Waals surface area contributed by atoms with Crippen molar-refractivity contribution >= 4 is 29.2 Å². The van der Waals surface area contributed by atoms with Crippen LogP contribution in [0.15, 0.2) is 0 Å². The third kappa shape index (κ3) is 2.51. The lowest BCUT2D eigenvalue weighted by molar-refractivity contribution is -0.140. The summed E-state index contributed by atoms with van der Waals surface area (Å²) in [5.74, 6) is 0.0143. The van der Waals surface area contributed by atoms with E-state index in [1.54, 1.807) is 4.90 Å². The third-order valence-corrected chi connectivity index (χ3v) is 4.46. The third-order valence-electron chi connectivity index (χ3n) is 4.07. The zero-order valence-electron chi connectivity index (χ0n) is 11.0. The summed E-state index contributed by atoms with van der Waals surface area (Å²) in [5.41, 5.74) is 5.10. The summed E-state index contributed by atoms with van der Waals surface area (Å²) in [6.45, 7) is 1.12. The standard InChI is InChI=1S/C12H19N3O3S/c1-18-11(17)14-8-3-6-15(7-8)10(16)12(9(13)19)4-2-5-12/h8H,2-7H2,1H3,(H2,13,19)(H,14,17). The highest BCUT2D eigenvalue weighted by atomic mass is 32.1. The number of nitrogens with two attached hydrogens (primary N) is 1. The highest BCUT2D eigenvalue weighted by Crippen LogP contribution is 2.43. The van der Waals surface area contributed by atoms with Crippen molar-refractivity contribution < 1.29 is 14.3 Å². The predicted octanol–water partition coefficient (Wildman–Crippen LogP) is 0.400. The Hall–Kier alpha value is -1.37. The number of carbonyl (C=O) groups excluding carboxylic acids is 2. The van der Waals surface area contributed by atoms with Crippen LogP contribution in [0, 0.1) is 5.41 Å². The van der Waals surface area contributed by atoms with Gasteiger partial charge in [0.15, 0.2) is 0 Å². The number of thiocarbonyl (C=S) groups is 1. The van der Waals surface area contributed by atoms with E-state index in [0.717, 1.165) is 25.7 Å². The van der Waals surface area contributed by atoms with Gasteiger partial charge in [-0.15, -0.1) is 0 Å². The van der Waals surface area contributed by atoms with E-state index in [9.17, 15) is 9.59 Å². The Morgan fingerprint density at radius 1 is 1.47 bits per heavy atom. The lowest BCUT2D eigenvalue weighted by atomic mass is 9.67. The lowest BCUT2D eigenvalue weighted by Gasteiger charge is -2.41. The van der Waals surface area contributed by atoms with Crippen LogP contribution in [0.25, 0.3) is 0 Å². The van der Waals surface area contributed by atoms with Gasteiger partial charge in [-0.1, -0.05) is 18.6 Å².